The number of anilines is 1. The largest absolute Gasteiger partial charge is 0.497 e. The third-order valence-electron chi connectivity index (χ3n) is 4.27. The van der Waals surface area contributed by atoms with Gasteiger partial charge in [0, 0.05) is 6.07 Å². The van der Waals surface area contributed by atoms with E-state index in [9.17, 15) is 4.79 Å². The Morgan fingerprint density at radius 1 is 1.08 bits per heavy atom. The van der Waals surface area contributed by atoms with Crippen molar-refractivity contribution in [3.63, 3.8) is 0 Å². The van der Waals surface area contributed by atoms with E-state index in [1.807, 2.05) is 49.4 Å². The second kappa shape index (κ2) is 9.70. The van der Waals surface area contributed by atoms with Crippen molar-refractivity contribution in [1.82, 2.24) is 5.32 Å². The molecule has 0 aromatic heterocycles. The van der Waals surface area contributed by atoms with Crippen molar-refractivity contribution in [2.75, 3.05) is 19.5 Å². The standard InChI is InChI=1S/C21H28N2O3/c1-5-9-18(16-10-7-6-8-11-16)23-21(24)15(2)22-19-13-12-17(25-3)14-20(19)26-4/h6-8,10-15,18,22H,5,9H2,1-4H3,(H,23,24). The highest BCUT2D eigenvalue weighted by molar-refractivity contribution is 5.85. The quantitative estimate of drug-likeness (QED) is 0.708. The average molecular weight is 356 g/mol. The van der Waals surface area contributed by atoms with Gasteiger partial charge in [-0.25, -0.2) is 0 Å². The number of amides is 1. The summed E-state index contributed by atoms with van der Waals surface area (Å²) < 4.78 is 10.6. The Labute approximate surface area is 155 Å². The Morgan fingerprint density at radius 3 is 2.42 bits per heavy atom. The van der Waals surface area contributed by atoms with Crippen LogP contribution in [0.15, 0.2) is 48.5 Å². The third-order valence-corrected chi connectivity index (χ3v) is 4.27. The molecular formula is C21H28N2O3. The molecule has 0 saturated heterocycles. The maximum absolute atomic E-state index is 12.7. The van der Waals surface area contributed by atoms with E-state index >= 15 is 0 Å². The number of benzene rings is 2. The fraction of sp³-hybridized carbons (Fsp3) is 0.381. The molecule has 140 valence electrons. The van der Waals surface area contributed by atoms with Gasteiger partial charge in [0.15, 0.2) is 0 Å². The zero-order valence-electron chi connectivity index (χ0n) is 15.9. The summed E-state index contributed by atoms with van der Waals surface area (Å²) in [6, 6.07) is 15.1. The van der Waals surface area contributed by atoms with Crippen LogP contribution in [0.4, 0.5) is 5.69 Å². The lowest BCUT2D eigenvalue weighted by molar-refractivity contribution is -0.122. The SMILES string of the molecule is CCCC(NC(=O)C(C)Nc1ccc(OC)cc1OC)c1ccccc1. The van der Waals surface area contributed by atoms with Gasteiger partial charge < -0.3 is 20.1 Å². The van der Waals surface area contributed by atoms with Gasteiger partial charge in [-0.1, -0.05) is 43.7 Å². The van der Waals surface area contributed by atoms with Gasteiger partial charge in [-0.15, -0.1) is 0 Å². The number of ether oxygens (including phenoxy) is 2. The van der Waals surface area contributed by atoms with E-state index in [0.717, 1.165) is 24.1 Å². The molecule has 0 fully saturated rings. The third kappa shape index (κ3) is 5.15. The number of carbonyl (C=O) groups excluding carboxylic acids is 1. The minimum atomic E-state index is -0.402. The molecule has 2 rings (SSSR count). The zero-order valence-corrected chi connectivity index (χ0v) is 15.9. The minimum Gasteiger partial charge on any atom is -0.497 e. The summed E-state index contributed by atoms with van der Waals surface area (Å²) in [5, 5.41) is 6.37. The van der Waals surface area contributed by atoms with E-state index in [0.29, 0.717) is 11.5 Å². The number of rotatable bonds is 9. The normalized spacial score (nSPS) is 12.8. The molecule has 0 aliphatic rings. The fourth-order valence-corrected chi connectivity index (χ4v) is 2.81. The van der Waals surface area contributed by atoms with E-state index < -0.39 is 6.04 Å². The van der Waals surface area contributed by atoms with E-state index in [2.05, 4.69) is 17.6 Å². The molecule has 2 unspecified atom stereocenters. The second-order valence-corrected chi connectivity index (χ2v) is 6.19. The monoisotopic (exact) mass is 356 g/mol. The highest BCUT2D eigenvalue weighted by atomic mass is 16.5. The molecule has 0 spiro atoms. The second-order valence-electron chi connectivity index (χ2n) is 6.19. The molecule has 26 heavy (non-hydrogen) atoms. The van der Waals surface area contributed by atoms with Crippen LogP contribution in [0.25, 0.3) is 0 Å². The molecule has 5 nitrogen and oxygen atoms in total. The first-order valence-corrected chi connectivity index (χ1v) is 8.92. The molecule has 0 bridgehead atoms. The Kier molecular flexibility index (Phi) is 7.33. The highest BCUT2D eigenvalue weighted by Crippen LogP contribution is 2.29. The van der Waals surface area contributed by atoms with E-state index in [1.165, 1.54) is 0 Å². The van der Waals surface area contributed by atoms with Crippen LogP contribution in [0.2, 0.25) is 0 Å². The topological polar surface area (TPSA) is 59.6 Å². The predicted molar refractivity (Wildman–Crippen MR) is 105 cm³/mol. The molecule has 2 atom stereocenters. The molecule has 0 aliphatic heterocycles. The number of nitrogens with one attached hydrogen (secondary N) is 2. The Hall–Kier alpha value is -2.69. The van der Waals surface area contributed by atoms with Crippen molar-refractivity contribution in [3.05, 3.63) is 54.1 Å². The van der Waals surface area contributed by atoms with Crippen molar-refractivity contribution in [1.29, 1.82) is 0 Å². The number of hydrogen-bond donors (Lipinski definition) is 2. The number of methoxy groups -OCH3 is 2. The lowest BCUT2D eigenvalue weighted by atomic mass is 10.0. The van der Waals surface area contributed by atoms with Crippen LogP contribution in [-0.4, -0.2) is 26.2 Å². The lowest BCUT2D eigenvalue weighted by Gasteiger charge is -2.23. The Morgan fingerprint density at radius 2 is 1.81 bits per heavy atom. The van der Waals surface area contributed by atoms with Crippen LogP contribution >= 0.6 is 0 Å². The van der Waals surface area contributed by atoms with Gasteiger partial charge in [-0.3, -0.25) is 4.79 Å². The maximum Gasteiger partial charge on any atom is 0.242 e. The van der Waals surface area contributed by atoms with Crippen LogP contribution in [-0.2, 0) is 4.79 Å². The summed E-state index contributed by atoms with van der Waals surface area (Å²) in [6.07, 6.45) is 1.89. The van der Waals surface area contributed by atoms with Crippen LogP contribution in [0, 0.1) is 0 Å². The van der Waals surface area contributed by atoms with Crippen LogP contribution in [0.1, 0.15) is 38.3 Å². The first-order valence-electron chi connectivity index (χ1n) is 8.92. The zero-order chi connectivity index (χ0) is 18.9. The van der Waals surface area contributed by atoms with Crippen LogP contribution in [0.3, 0.4) is 0 Å². The molecular weight excluding hydrogens is 328 g/mol. The van der Waals surface area contributed by atoms with Crippen molar-refractivity contribution in [2.24, 2.45) is 0 Å². The number of carbonyl (C=O) groups is 1. The number of hydrogen-bond acceptors (Lipinski definition) is 4. The molecule has 5 heteroatoms. The minimum absolute atomic E-state index is 0.00992. The van der Waals surface area contributed by atoms with Crippen LogP contribution in [0.5, 0.6) is 11.5 Å². The summed E-state index contributed by atoms with van der Waals surface area (Å²) in [5.74, 6) is 1.29. The molecule has 0 radical (unpaired) electrons. The Bertz CT molecular complexity index is 704. The smallest absolute Gasteiger partial charge is 0.242 e. The predicted octanol–water partition coefficient (Wildman–Crippen LogP) is 4.16. The molecule has 1 amide bonds. The van der Waals surface area contributed by atoms with Gasteiger partial charge in [0.05, 0.1) is 25.9 Å². The van der Waals surface area contributed by atoms with E-state index in [4.69, 9.17) is 9.47 Å². The van der Waals surface area contributed by atoms with E-state index in [-0.39, 0.29) is 11.9 Å². The van der Waals surface area contributed by atoms with Gasteiger partial charge in [0.25, 0.3) is 0 Å². The van der Waals surface area contributed by atoms with Crippen molar-refractivity contribution < 1.29 is 14.3 Å². The Balaban J connectivity index is 2.06. The van der Waals surface area contributed by atoms with E-state index in [1.54, 1.807) is 20.3 Å². The molecule has 2 N–H and O–H groups in total. The fourth-order valence-electron chi connectivity index (χ4n) is 2.81. The van der Waals surface area contributed by atoms with Gasteiger partial charge in [-0.2, -0.15) is 0 Å². The average Bonchev–Trinajstić information content (AvgIpc) is 2.68. The molecule has 0 heterocycles. The summed E-state index contributed by atoms with van der Waals surface area (Å²) in [6.45, 7) is 3.96. The van der Waals surface area contributed by atoms with Gasteiger partial charge >= 0.3 is 0 Å². The highest BCUT2D eigenvalue weighted by Gasteiger charge is 2.19. The lowest BCUT2D eigenvalue weighted by Crippen LogP contribution is -2.39. The van der Waals surface area contributed by atoms with Crippen molar-refractivity contribution >= 4 is 11.6 Å². The molecule has 2 aromatic rings. The maximum atomic E-state index is 12.7. The van der Waals surface area contributed by atoms with Crippen LogP contribution < -0.4 is 20.1 Å². The van der Waals surface area contributed by atoms with Gasteiger partial charge in [0.2, 0.25) is 5.91 Å². The summed E-state index contributed by atoms with van der Waals surface area (Å²) in [4.78, 5) is 12.7. The van der Waals surface area contributed by atoms with Crippen molar-refractivity contribution in [3.8, 4) is 11.5 Å². The molecule has 0 aliphatic carbocycles. The summed E-state index contributed by atoms with van der Waals surface area (Å²) >= 11 is 0. The first kappa shape index (κ1) is 19.6. The van der Waals surface area contributed by atoms with Gasteiger partial charge in [-0.05, 0) is 31.0 Å². The molecule has 0 saturated carbocycles. The van der Waals surface area contributed by atoms with Gasteiger partial charge in [0.1, 0.15) is 17.5 Å². The summed E-state index contributed by atoms with van der Waals surface area (Å²) in [5.41, 5.74) is 1.87. The van der Waals surface area contributed by atoms with Crippen molar-refractivity contribution in [2.45, 2.75) is 38.8 Å². The summed E-state index contributed by atoms with van der Waals surface area (Å²) in [7, 11) is 3.20. The first-order chi connectivity index (χ1) is 12.6. The molecule has 2 aromatic carbocycles.